The average molecular weight is 183 g/mol. The van der Waals surface area contributed by atoms with Crippen LogP contribution in [0.25, 0.3) is 0 Å². The van der Waals surface area contributed by atoms with Crippen LogP contribution in [0.1, 0.15) is 26.2 Å². The van der Waals surface area contributed by atoms with E-state index in [1.54, 1.807) is 6.92 Å². The second-order valence-electron chi connectivity index (χ2n) is 3.30. The lowest BCUT2D eigenvalue weighted by atomic mass is 9.90. The number of carbonyl (C=O) groups excluding carboxylic acids is 1. The molecule has 0 aromatic carbocycles. The van der Waals surface area contributed by atoms with Gasteiger partial charge in [-0.3, -0.25) is 4.79 Å². The number of esters is 1. The summed E-state index contributed by atoms with van der Waals surface area (Å²) in [7, 11) is 0. The lowest BCUT2D eigenvalue weighted by molar-refractivity contribution is -0.145. The first-order chi connectivity index (χ1) is 6.25. The fourth-order valence-electron chi connectivity index (χ4n) is 1.55. The van der Waals surface area contributed by atoms with E-state index in [2.05, 4.69) is 6.08 Å². The van der Waals surface area contributed by atoms with Crippen LogP contribution in [0, 0.1) is 5.92 Å². The van der Waals surface area contributed by atoms with Crippen molar-refractivity contribution in [3.05, 3.63) is 12.2 Å². The molecular weight excluding hydrogens is 166 g/mol. The minimum atomic E-state index is -0.475. The molecule has 1 aliphatic rings. The highest BCUT2D eigenvalue weighted by molar-refractivity contribution is 5.76. The molecule has 1 rings (SSSR count). The van der Waals surface area contributed by atoms with Gasteiger partial charge in [-0.1, -0.05) is 12.2 Å². The van der Waals surface area contributed by atoms with Gasteiger partial charge in [-0.15, -0.1) is 0 Å². The zero-order valence-electron chi connectivity index (χ0n) is 8.03. The zero-order valence-corrected chi connectivity index (χ0v) is 8.03. The lowest BCUT2D eigenvalue weighted by Crippen LogP contribution is -2.39. The van der Waals surface area contributed by atoms with E-state index in [0.717, 1.165) is 19.3 Å². The predicted octanol–water partition coefficient (Wildman–Crippen LogP) is 1.23. The molecule has 0 fully saturated rings. The second kappa shape index (κ2) is 5.02. The number of allylic oxidation sites excluding steroid dienone is 1. The Kier molecular flexibility index (Phi) is 3.96. The van der Waals surface area contributed by atoms with Crippen LogP contribution in [-0.4, -0.2) is 18.6 Å². The molecule has 2 unspecified atom stereocenters. The van der Waals surface area contributed by atoms with Crippen LogP contribution in [0.2, 0.25) is 0 Å². The largest absolute Gasteiger partial charge is 0.465 e. The molecule has 1 aliphatic carbocycles. The Labute approximate surface area is 78.9 Å². The van der Waals surface area contributed by atoms with Gasteiger partial charge in [-0.05, 0) is 26.2 Å². The van der Waals surface area contributed by atoms with Crippen LogP contribution in [-0.2, 0) is 9.53 Å². The van der Waals surface area contributed by atoms with Gasteiger partial charge < -0.3 is 10.5 Å². The molecule has 2 atom stereocenters. The fourth-order valence-corrected chi connectivity index (χ4v) is 1.55. The first kappa shape index (κ1) is 10.3. The van der Waals surface area contributed by atoms with Gasteiger partial charge in [-0.25, -0.2) is 0 Å². The number of ether oxygens (including phenoxy) is 1. The molecule has 13 heavy (non-hydrogen) atoms. The Bertz CT molecular complexity index is 201. The highest BCUT2D eigenvalue weighted by Crippen LogP contribution is 2.19. The van der Waals surface area contributed by atoms with Crippen molar-refractivity contribution < 1.29 is 9.53 Å². The quantitative estimate of drug-likeness (QED) is 0.529. The van der Waals surface area contributed by atoms with E-state index in [-0.39, 0.29) is 11.9 Å². The molecule has 0 aromatic heterocycles. The van der Waals surface area contributed by atoms with Crippen LogP contribution in [0.5, 0.6) is 0 Å². The molecule has 3 heteroatoms. The number of nitrogens with two attached hydrogens (primary N) is 1. The molecule has 3 nitrogen and oxygen atoms in total. The van der Waals surface area contributed by atoms with Gasteiger partial charge in [-0.2, -0.15) is 0 Å². The highest BCUT2D eigenvalue weighted by atomic mass is 16.5. The van der Waals surface area contributed by atoms with Crippen molar-refractivity contribution in [2.24, 2.45) is 11.7 Å². The summed E-state index contributed by atoms with van der Waals surface area (Å²) in [4.78, 5) is 11.3. The van der Waals surface area contributed by atoms with Gasteiger partial charge in [0.15, 0.2) is 0 Å². The van der Waals surface area contributed by atoms with E-state index in [0.29, 0.717) is 6.61 Å². The van der Waals surface area contributed by atoms with Crippen molar-refractivity contribution >= 4 is 5.97 Å². The van der Waals surface area contributed by atoms with Gasteiger partial charge >= 0.3 is 5.97 Å². The van der Waals surface area contributed by atoms with Crippen molar-refractivity contribution in [2.75, 3.05) is 6.61 Å². The molecule has 0 heterocycles. The normalized spacial score (nSPS) is 24.0. The molecule has 0 aromatic rings. The molecule has 0 aliphatic heterocycles. The summed E-state index contributed by atoms with van der Waals surface area (Å²) < 4.78 is 4.86. The van der Waals surface area contributed by atoms with Crippen molar-refractivity contribution in [1.29, 1.82) is 0 Å². The molecular formula is C10H17NO2. The molecule has 74 valence electrons. The van der Waals surface area contributed by atoms with Crippen LogP contribution in [0.4, 0.5) is 0 Å². The van der Waals surface area contributed by atoms with Crippen molar-refractivity contribution in [3.8, 4) is 0 Å². The van der Waals surface area contributed by atoms with Crippen molar-refractivity contribution in [2.45, 2.75) is 32.2 Å². The number of carbonyl (C=O) groups is 1. The van der Waals surface area contributed by atoms with Gasteiger partial charge in [0.2, 0.25) is 0 Å². The van der Waals surface area contributed by atoms with Crippen LogP contribution < -0.4 is 5.73 Å². The third-order valence-electron chi connectivity index (χ3n) is 2.31. The van der Waals surface area contributed by atoms with Crippen LogP contribution >= 0.6 is 0 Å². The Balaban J connectivity index is 2.45. The SMILES string of the molecule is CCOC(=O)C(N)C1C=CCCC1. The van der Waals surface area contributed by atoms with Crippen LogP contribution in [0.3, 0.4) is 0 Å². The molecule has 0 bridgehead atoms. The Hall–Kier alpha value is -0.830. The Morgan fingerprint density at radius 1 is 1.77 bits per heavy atom. The Morgan fingerprint density at radius 2 is 2.54 bits per heavy atom. The number of rotatable bonds is 3. The molecule has 0 radical (unpaired) electrons. The first-order valence-electron chi connectivity index (χ1n) is 4.84. The minimum Gasteiger partial charge on any atom is -0.465 e. The standard InChI is InChI=1S/C10H17NO2/c1-2-13-10(12)9(11)8-6-4-3-5-7-8/h4,6,8-9H,2-3,5,7,11H2,1H3. The van der Waals surface area contributed by atoms with Crippen molar-refractivity contribution in [3.63, 3.8) is 0 Å². The highest BCUT2D eigenvalue weighted by Gasteiger charge is 2.24. The molecule has 0 saturated carbocycles. The van der Waals surface area contributed by atoms with E-state index in [1.807, 2.05) is 6.08 Å². The van der Waals surface area contributed by atoms with E-state index < -0.39 is 6.04 Å². The third-order valence-corrected chi connectivity index (χ3v) is 2.31. The summed E-state index contributed by atoms with van der Waals surface area (Å²) in [6.07, 6.45) is 7.34. The number of hydrogen-bond donors (Lipinski definition) is 1. The monoisotopic (exact) mass is 183 g/mol. The predicted molar refractivity (Wildman–Crippen MR) is 51.1 cm³/mol. The maximum Gasteiger partial charge on any atom is 0.323 e. The maximum atomic E-state index is 11.3. The summed E-state index contributed by atoms with van der Waals surface area (Å²) in [5.74, 6) is -0.105. The van der Waals surface area contributed by atoms with Gasteiger partial charge in [0.1, 0.15) is 6.04 Å². The fraction of sp³-hybridized carbons (Fsp3) is 0.700. The van der Waals surface area contributed by atoms with Gasteiger partial charge in [0.05, 0.1) is 6.61 Å². The smallest absolute Gasteiger partial charge is 0.323 e. The van der Waals surface area contributed by atoms with E-state index >= 15 is 0 Å². The van der Waals surface area contributed by atoms with Gasteiger partial charge in [0, 0.05) is 5.92 Å². The third kappa shape index (κ3) is 2.84. The molecule has 2 N–H and O–H groups in total. The zero-order chi connectivity index (χ0) is 9.68. The molecule has 0 spiro atoms. The Morgan fingerprint density at radius 3 is 3.08 bits per heavy atom. The maximum absolute atomic E-state index is 11.3. The van der Waals surface area contributed by atoms with Gasteiger partial charge in [0.25, 0.3) is 0 Å². The summed E-state index contributed by atoms with van der Waals surface area (Å²) in [5, 5.41) is 0. The van der Waals surface area contributed by atoms with Crippen LogP contribution in [0.15, 0.2) is 12.2 Å². The average Bonchev–Trinajstić information content (AvgIpc) is 2.18. The minimum absolute atomic E-state index is 0.174. The summed E-state index contributed by atoms with van der Waals surface area (Å²) in [6.45, 7) is 2.20. The van der Waals surface area contributed by atoms with E-state index in [1.165, 1.54) is 0 Å². The first-order valence-corrected chi connectivity index (χ1v) is 4.84. The molecule has 0 saturated heterocycles. The molecule has 0 amide bonds. The van der Waals surface area contributed by atoms with Crippen molar-refractivity contribution in [1.82, 2.24) is 0 Å². The lowest BCUT2D eigenvalue weighted by Gasteiger charge is -2.21. The summed E-state index contributed by atoms with van der Waals surface area (Å²) in [6, 6.07) is -0.475. The van der Waals surface area contributed by atoms with E-state index in [9.17, 15) is 4.79 Å². The number of hydrogen-bond acceptors (Lipinski definition) is 3. The summed E-state index contributed by atoms with van der Waals surface area (Å²) >= 11 is 0. The van der Waals surface area contributed by atoms with E-state index in [4.69, 9.17) is 10.5 Å². The second-order valence-corrected chi connectivity index (χ2v) is 3.30. The summed E-state index contributed by atoms with van der Waals surface area (Å²) in [5.41, 5.74) is 5.75. The topological polar surface area (TPSA) is 52.3 Å².